The average molecular weight is 476 g/mol. The van der Waals surface area contributed by atoms with E-state index < -0.39 is 11.5 Å². The fourth-order valence-electron chi connectivity index (χ4n) is 5.94. The number of likely N-dealkylation sites (tertiary alicyclic amines) is 1. The van der Waals surface area contributed by atoms with Gasteiger partial charge in [-0.05, 0) is 49.6 Å². The quantitative estimate of drug-likeness (QED) is 0.682. The second-order valence-corrected chi connectivity index (χ2v) is 10.0. The van der Waals surface area contributed by atoms with Crippen LogP contribution in [-0.4, -0.2) is 83.4 Å². The van der Waals surface area contributed by atoms with Crippen LogP contribution in [0.4, 0.5) is 0 Å². The van der Waals surface area contributed by atoms with E-state index in [4.69, 9.17) is 4.74 Å². The summed E-state index contributed by atoms with van der Waals surface area (Å²) in [6.07, 6.45) is 0.914. The molecule has 3 heterocycles. The van der Waals surface area contributed by atoms with Crippen LogP contribution in [0.2, 0.25) is 0 Å². The highest BCUT2D eigenvalue weighted by atomic mass is 16.5. The van der Waals surface area contributed by atoms with Gasteiger partial charge in [-0.2, -0.15) is 0 Å². The molecule has 0 saturated carbocycles. The van der Waals surface area contributed by atoms with Crippen LogP contribution in [-0.2, 0) is 16.0 Å². The smallest absolute Gasteiger partial charge is 0.255 e. The molecular weight excluding hydrogens is 442 g/mol. The van der Waals surface area contributed by atoms with Crippen LogP contribution in [0.15, 0.2) is 48.5 Å². The van der Waals surface area contributed by atoms with Crippen LogP contribution in [0.5, 0.6) is 0 Å². The molecule has 0 bridgehead atoms. The van der Waals surface area contributed by atoms with Crippen molar-refractivity contribution in [1.29, 1.82) is 0 Å². The van der Waals surface area contributed by atoms with Crippen molar-refractivity contribution in [1.82, 2.24) is 14.7 Å². The Morgan fingerprint density at radius 3 is 2.29 bits per heavy atom. The van der Waals surface area contributed by atoms with Crippen LogP contribution < -0.4 is 0 Å². The lowest BCUT2D eigenvalue weighted by Gasteiger charge is -2.62. The van der Waals surface area contributed by atoms with Crippen LogP contribution in [0.25, 0.3) is 0 Å². The Morgan fingerprint density at radius 1 is 1.00 bits per heavy atom. The van der Waals surface area contributed by atoms with E-state index in [1.165, 1.54) is 5.56 Å². The van der Waals surface area contributed by atoms with Crippen LogP contribution >= 0.6 is 0 Å². The first-order valence-electron chi connectivity index (χ1n) is 12.5. The molecule has 2 fully saturated rings. The fourth-order valence-corrected chi connectivity index (χ4v) is 5.94. The summed E-state index contributed by atoms with van der Waals surface area (Å²) in [6, 6.07) is 15.0. The molecule has 7 nitrogen and oxygen atoms in total. The van der Waals surface area contributed by atoms with Gasteiger partial charge in [0.2, 0.25) is 5.91 Å². The predicted molar refractivity (Wildman–Crippen MR) is 132 cm³/mol. The number of fused-ring (bicyclic) bond motifs is 1. The van der Waals surface area contributed by atoms with Gasteiger partial charge in [0.05, 0.1) is 24.7 Å². The first kappa shape index (κ1) is 23.5. The minimum atomic E-state index is -0.770. The maximum absolute atomic E-state index is 14.0. The van der Waals surface area contributed by atoms with Gasteiger partial charge < -0.3 is 19.4 Å². The molecule has 0 aromatic heterocycles. The standard InChI is InChI=1S/C28H33N3O4/c1-4-20-9-11-21(12-10-20)25(32)30-17-28(18-30)24(27(34)29-13-15-35-16-14-29)22-7-5-6-8-23(22)26(33)31(28)19(2)3/h5-12,19,24H,4,13-18H2,1-3H3. The van der Waals surface area contributed by atoms with Gasteiger partial charge in [-0.15, -0.1) is 0 Å². The lowest BCUT2D eigenvalue weighted by Crippen LogP contribution is -2.78. The molecule has 3 aliphatic heterocycles. The summed E-state index contributed by atoms with van der Waals surface area (Å²) < 4.78 is 5.48. The van der Waals surface area contributed by atoms with E-state index in [0.717, 1.165) is 12.0 Å². The van der Waals surface area contributed by atoms with Gasteiger partial charge in [-0.1, -0.05) is 37.3 Å². The van der Waals surface area contributed by atoms with E-state index in [9.17, 15) is 14.4 Å². The van der Waals surface area contributed by atoms with Crippen molar-refractivity contribution in [3.63, 3.8) is 0 Å². The zero-order chi connectivity index (χ0) is 24.7. The number of carbonyl (C=O) groups is 3. The highest BCUT2D eigenvalue weighted by Gasteiger charge is 2.62. The van der Waals surface area contributed by atoms with E-state index >= 15 is 0 Å². The minimum absolute atomic E-state index is 0.0123. The molecule has 0 N–H and O–H groups in total. The summed E-state index contributed by atoms with van der Waals surface area (Å²) in [7, 11) is 0. The number of hydrogen-bond donors (Lipinski definition) is 0. The second-order valence-electron chi connectivity index (χ2n) is 10.0. The normalized spacial score (nSPS) is 21.2. The van der Waals surface area contributed by atoms with Crippen molar-refractivity contribution in [2.75, 3.05) is 39.4 Å². The van der Waals surface area contributed by atoms with Gasteiger partial charge in [0.25, 0.3) is 11.8 Å². The number of carbonyl (C=O) groups excluding carboxylic acids is 3. The van der Waals surface area contributed by atoms with E-state index in [1.54, 1.807) is 4.90 Å². The number of nitrogens with zero attached hydrogens (tertiary/aromatic N) is 3. The zero-order valence-corrected chi connectivity index (χ0v) is 20.7. The predicted octanol–water partition coefficient (Wildman–Crippen LogP) is 2.95. The Kier molecular flexibility index (Phi) is 6.13. The maximum Gasteiger partial charge on any atom is 0.255 e. The largest absolute Gasteiger partial charge is 0.378 e. The molecule has 1 unspecified atom stereocenters. The van der Waals surface area contributed by atoms with E-state index in [2.05, 4.69) is 6.92 Å². The number of ether oxygens (including phenoxy) is 1. The molecular formula is C28H33N3O4. The molecule has 184 valence electrons. The first-order valence-corrected chi connectivity index (χ1v) is 12.5. The lowest BCUT2D eigenvalue weighted by molar-refractivity contribution is -0.146. The fraction of sp³-hybridized carbons (Fsp3) is 0.464. The van der Waals surface area contributed by atoms with E-state index in [1.807, 2.05) is 72.2 Å². The third-order valence-corrected chi connectivity index (χ3v) is 7.65. The average Bonchev–Trinajstić information content (AvgIpc) is 2.86. The van der Waals surface area contributed by atoms with Gasteiger partial charge in [0.15, 0.2) is 0 Å². The van der Waals surface area contributed by atoms with Crippen molar-refractivity contribution in [2.45, 2.75) is 44.7 Å². The molecule has 2 aromatic rings. The maximum atomic E-state index is 14.0. The van der Waals surface area contributed by atoms with Gasteiger partial charge in [-0.25, -0.2) is 0 Å². The molecule has 3 amide bonds. The summed E-state index contributed by atoms with van der Waals surface area (Å²) in [5.74, 6) is -0.645. The molecule has 1 atom stereocenters. The highest BCUT2D eigenvalue weighted by Crippen LogP contribution is 2.48. The second kappa shape index (κ2) is 9.11. The monoisotopic (exact) mass is 475 g/mol. The summed E-state index contributed by atoms with van der Waals surface area (Å²) in [6.45, 7) is 8.82. The summed E-state index contributed by atoms with van der Waals surface area (Å²) in [5, 5.41) is 0. The number of amides is 3. The number of morpholine rings is 1. The Balaban J connectivity index is 1.52. The Morgan fingerprint density at radius 2 is 1.66 bits per heavy atom. The van der Waals surface area contributed by atoms with Crippen LogP contribution in [0.3, 0.4) is 0 Å². The van der Waals surface area contributed by atoms with E-state index in [-0.39, 0.29) is 23.8 Å². The molecule has 0 aliphatic carbocycles. The van der Waals surface area contributed by atoms with Gasteiger partial charge in [0.1, 0.15) is 0 Å². The Hall–Kier alpha value is -3.19. The molecule has 35 heavy (non-hydrogen) atoms. The molecule has 0 radical (unpaired) electrons. The van der Waals surface area contributed by atoms with Crippen molar-refractivity contribution < 1.29 is 19.1 Å². The number of aryl methyl sites for hydroxylation is 1. The zero-order valence-electron chi connectivity index (χ0n) is 20.7. The summed E-state index contributed by atoms with van der Waals surface area (Å²) >= 11 is 0. The minimum Gasteiger partial charge on any atom is -0.378 e. The summed E-state index contributed by atoms with van der Waals surface area (Å²) in [5.41, 5.74) is 2.39. The Labute approximate surface area is 206 Å². The topological polar surface area (TPSA) is 70.2 Å². The van der Waals surface area contributed by atoms with Crippen molar-refractivity contribution in [3.8, 4) is 0 Å². The van der Waals surface area contributed by atoms with Crippen molar-refractivity contribution >= 4 is 17.7 Å². The van der Waals surface area contributed by atoms with Gasteiger partial charge in [0, 0.05) is 43.3 Å². The third-order valence-electron chi connectivity index (χ3n) is 7.65. The SMILES string of the molecule is CCc1ccc(C(=O)N2CC3(C2)C(C(=O)N2CCOCC2)c2ccccc2C(=O)N3C(C)C)cc1. The molecule has 5 rings (SSSR count). The first-order chi connectivity index (χ1) is 16.9. The van der Waals surface area contributed by atoms with Crippen molar-refractivity contribution in [3.05, 3.63) is 70.8 Å². The van der Waals surface area contributed by atoms with Gasteiger partial charge in [-0.3, -0.25) is 14.4 Å². The highest BCUT2D eigenvalue weighted by molar-refractivity contribution is 6.03. The number of rotatable bonds is 4. The molecule has 3 aliphatic rings. The Bertz CT molecular complexity index is 1130. The molecule has 7 heteroatoms. The van der Waals surface area contributed by atoms with E-state index in [0.29, 0.717) is 50.5 Å². The number of benzene rings is 2. The van der Waals surface area contributed by atoms with Crippen LogP contribution in [0, 0.1) is 0 Å². The number of hydrogen-bond acceptors (Lipinski definition) is 4. The summed E-state index contributed by atoms with van der Waals surface area (Å²) in [4.78, 5) is 46.6. The molecule has 2 saturated heterocycles. The molecule has 2 aromatic carbocycles. The van der Waals surface area contributed by atoms with Crippen LogP contribution in [0.1, 0.15) is 58.5 Å². The molecule has 1 spiro atoms. The third kappa shape index (κ3) is 3.82. The van der Waals surface area contributed by atoms with Gasteiger partial charge >= 0.3 is 0 Å². The van der Waals surface area contributed by atoms with Crippen molar-refractivity contribution in [2.24, 2.45) is 0 Å². The lowest BCUT2D eigenvalue weighted by atomic mass is 9.67.